The molecular weight excluding hydrogens is 288 g/mol. The summed E-state index contributed by atoms with van der Waals surface area (Å²) in [5.41, 5.74) is 0. The van der Waals surface area contributed by atoms with Crippen LogP contribution in [0.15, 0.2) is 15.7 Å². The number of methoxy groups -OCH3 is 1. The minimum atomic E-state index is -0.587. The lowest BCUT2D eigenvalue weighted by Crippen LogP contribution is -2.18. The van der Waals surface area contributed by atoms with Crippen molar-refractivity contribution >= 4 is 33.6 Å². The van der Waals surface area contributed by atoms with E-state index in [2.05, 4.69) is 35.6 Å². The molecule has 7 heteroatoms. The molecule has 1 aromatic rings. The number of carbonyl (C=O) groups excluding carboxylic acids is 1. The van der Waals surface area contributed by atoms with E-state index in [0.29, 0.717) is 10.3 Å². The van der Waals surface area contributed by atoms with Gasteiger partial charge in [0.25, 0.3) is 0 Å². The van der Waals surface area contributed by atoms with Crippen LogP contribution in [0.2, 0.25) is 0 Å². The molecule has 6 nitrogen and oxygen atoms in total. The maximum atomic E-state index is 11.3. The van der Waals surface area contributed by atoms with Gasteiger partial charge in [0.05, 0.1) is 11.6 Å². The Balaban J connectivity index is 3.15. The summed E-state index contributed by atoms with van der Waals surface area (Å²) >= 11 is 3.28. The van der Waals surface area contributed by atoms with Gasteiger partial charge in [-0.3, -0.25) is 0 Å². The van der Waals surface area contributed by atoms with Crippen LogP contribution in [-0.2, 0) is 4.74 Å². The fourth-order valence-corrected chi connectivity index (χ4v) is 1.16. The summed E-state index contributed by atoms with van der Waals surface area (Å²) in [4.78, 5) is 25.3. The molecule has 0 fully saturated rings. The molecule has 0 saturated carbocycles. The number of aliphatic imine (C=N–C) groups is 1. The first kappa shape index (κ1) is 13.6. The summed E-state index contributed by atoms with van der Waals surface area (Å²) in [6.07, 6.45) is 1.47. The monoisotopic (exact) mass is 300 g/mol. The lowest BCUT2D eigenvalue weighted by atomic mass is 10.5. The van der Waals surface area contributed by atoms with Crippen molar-refractivity contribution in [2.45, 2.75) is 6.92 Å². The Morgan fingerprint density at radius 3 is 2.71 bits per heavy atom. The van der Waals surface area contributed by atoms with Crippen molar-refractivity contribution < 1.29 is 9.53 Å². The zero-order valence-electron chi connectivity index (χ0n) is 10.1. The van der Waals surface area contributed by atoms with Crippen molar-refractivity contribution in [3.63, 3.8) is 0 Å². The standard InChI is InChI=1S/C10H13BrN4O2/c1-6(15(2)3)13-8-7(11)5-12-9(14-8)10(16)17-4/h5H,1-4H3/b13-6+. The molecule has 1 heterocycles. The molecule has 0 spiro atoms. The molecule has 0 amide bonds. The largest absolute Gasteiger partial charge is 0.463 e. The fraction of sp³-hybridized carbons (Fsp3) is 0.400. The van der Waals surface area contributed by atoms with Crippen LogP contribution >= 0.6 is 15.9 Å². The molecule has 0 radical (unpaired) electrons. The molecule has 0 aliphatic heterocycles. The number of hydrogen-bond acceptors (Lipinski definition) is 5. The number of rotatable bonds is 2. The number of nitrogens with zero attached hydrogens (tertiary/aromatic N) is 4. The van der Waals surface area contributed by atoms with Crippen molar-refractivity contribution in [1.29, 1.82) is 0 Å². The van der Waals surface area contributed by atoms with Gasteiger partial charge < -0.3 is 9.64 Å². The van der Waals surface area contributed by atoms with Gasteiger partial charge in [0, 0.05) is 20.3 Å². The second-order valence-electron chi connectivity index (χ2n) is 3.41. The quantitative estimate of drug-likeness (QED) is 0.472. The summed E-state index contributed by atoms with van der Waals surface area (Å²) in [5, 5.41) is 0. The zero-order chi connectivity index (χ0) is 13.0. The number of aromatic nitrogens is 2. The van der Waals surface area contributed by atoms with Crippen LogP contribution in [0.1, 0.15) is 17.5 Å². The Morgan fingerprint density at radius 1 is 1.53 bits per heavy atom. The van der Waals surface area contributed by atoms with Gasteiger partial charge in [0.2, 0.25) is 5.82 Å². The third kappa shape index (κ3) is 3.48. The molecule has 92 valence electrons. The third-order valence-electron chi connectivity index (χ3n) is 2.01. The second-order valence-corrected chi connectivity index (χ2v) is 4.26. The van der Waals surface area contributed by atoms with Gasteiger partial charge in [0.1, 0.15) is 5.84 Å². The molecule has 0 atom stereocenters. The molecule has 17 heavy (non-hydrogen) atoms. The number of ether oxygens (including phenoxy) is 1. The fourth-order valence-electron chi connectivity index (χ4n) is 0.879. The van der Waals surface area contributed by atoms with E-state index in [1.165, 1.54) is 13.3 Å². The van der Waals surface area contributed by atoms with E-state index in [4.69, 9.17) is 0 Å². The highest BCUT2D eigenvalue weighted by molar-refractivity contribution is 9.10. The van der Waals surface area contributed by atoms with Crippen molar-refractivity contribution in [3.05, 3.63) is 16.5 Å². The van der Waals surface area contributed by atoms with Crippen LogP contribution < -0.4 is 0 Å². The predicted octanol–water partition coefficient (Wildman–Crippen LogP) is 1.64. The van der Waals surface area contributed by atoms with Gasteiger partial charge in [-0.25, -0.2) is 19.8 Å². The summed E-state index contributed by atoms with van der Waals surface area (Å²) < 4.78 is 5.16. The Bertz CT molecular complexity index is 460. The van der Waals surface area contributed by atoms with Gasteiger partial charge in [-0.15, -0.1) is 0 Å². The first-order valence-electron chi connectivity index (χ1n) is 4.79. The van der Waals surface area contributed by atoms with E-state index >= 15 is 0 Å². The Hall–Kier alpha value is -1.50. The van der Waals surface area contributed by atoms with Crippen molar-refractivity contribution in [1.82, 2.24) is 14.9 Å². The van der Waals surface area contributed by atoms with E-state index in [-0.39, 0.29) is 5.82 Å². The molecule has 0 aromatic carbocycles. The summed E-state index contributed by atoms with van der Waals surface area (Å²) in [7, 11) is 5.02. The van der Waals surface area contributed by atoms with Crippen molar-refractivity contribution in [2.75, 3.05) is 21.2 Å². The number of hydrogen-bond donors (Lipinski definition) is 0. The molecule has 0 N–H and O–H groups in total. The molecule has 0 bridgehead atoms. The summed E-state index contributed by atoms with van der Waals surface area (Å²) in [5.74, 6) is 0.560. The van der Waals surface area contributed by atoms with Crippen LogP contribution in [0.5, 0.6) is 0 Å². The zero-order valence-corrected chi connectivity index (χ0v) is 11.6. The van der Waals surface area contributed by atoms with Crippen LogP contribution in [-0.4, -0.2) is 47.9 Å². The van der Waals surface area contributed by atoms with Crippen LogP contribution in [0, 0.1) is 0 Å². The number of esters is 1. The maximum absolute atomic E-state index is 11.3. The Kier molecular flexibility index (Phi) is 4.56. The molecular formula is C10H13BrN4O2. The summed E-state index contributed by atoms with van der Waals surface area (Å²) in [6, 6.07) is 0. The van der Waals surface area contributed by atoms with Gasteiger partial charge in [-0.2, -0.15) is 0 Å². The Morgan fingerprint density at radius 2 is 2.18 bits per heavy atom. The van der Waals surface area contributed by atoms with E-state index in [0.717, 1.165) is 5.84 Å². The first-order valence-corrected chi connectivity index (χ1v) is 5.58. The normalized spacial score (nSPS) is 11.2. The number of carbonyl (C=O) groups is 1. The molecule has 1 aromatic heterocycles. The van der Waals surface area contributed by atoms with Crippen LogP contribution in [0.3, 0.4) is 0 Å². The molecule has 0 unspecified atom stereocenters. The van der Waals surface area contributed by atoms with Gasteiger partial charge in [-0.05, 0) is 22.9 Å². The molecule has 0 saturated heterocycles. The van der Waals surface area contributed by atoms with E-state index in [1.807, 2.05) is 25.9 Å². The van der Waals surface area contributed by atoms with Crippen LogP contribution in [0.25, 0.3) is 0 Å². The third-order valence-corrected chi connectivity index (χ3v) is 2.57. The van der Waals surface area contributed by atoms with Crippen LogP contribution in [0.4, 0.5) is 5.82 Å². The lowest BCUT2D eigenvalue weighted by molar-refractivity contribution is 0.0586. The average molecular weight is 301 g/mol. The molecule has 0 aliphatic carbocycles. The SMILES string of the molecule is COC(=O)c1ncc(Br)c(/N=C(\C)N(C)C)n1. The Labute approximate surface area is 108 Å². The lowest BCUT2D eigenvalue weighted by Gasteiger charge is -2.11. The molecule has 0 aliphatic rings. The summed E-state index contributed by atoms with van der Waals surface area (Å²) in [6.45, 7) is 1.84. The average Bonchev–Trinajstić information content (AvgIpc) is 2.30. The smallest absolute Gasteiger partial charge is 0.376 e. The minimum absolute atomic E-state index is 0.0130. The minimum Gasteiger partial charge on any atom is -0.463 e. The molecule has 1 rings (SSSR count). The van der Waals surface area contributed by atoms with E-state index < -0.39 is 5.97 Å². The highest BCUT2D eigenvalue weighted by atomic mass is 79.9. The van der Waals surface area contributed by atoms with Crippen molar-refractivity contribution in [2.24, 2.45) is 4.99 Å². The van der Waals surface area contributed by atoms with Gasteiger partial charge in [0.15, 0.2) is 5.82 Å². The number of amidine groups is 1. The first-order chi connectivity index (χ1) is 7.95. The second kappa shape index (κ2) is 5.72. The predicted molar refractivity (Wildman–Crippen MR) is 67.5 cm³/mol. The number of halogens is 1. The highest BCUT2D eigenvalue weighted by Crippen LogP contribution is 2.22. The highest BCUT2D eigenvalue weighted by Gasteiger charge is 2.12. The van der Waals surface area contributed by atoms with E-state index in [1.54, 1.807) is 0 Å². The van der Waals surface area contributed by atoms with Gasteiger partial charge in [-0.1, -0.05) is 0 Å². The van der Waals surface area contributed by atoms with Crippen molar-refractivity contribution in [3.8, 4) is 0 Å². The van der Waals surface area contributed by atoms with Gasteiger partial charge >= 0.3 is 5.97 Å². The maximum Gasteiger partial charge on any atom is 0.376 e. The van der Waals surface area contributed by atoms with E-state index in [9.17, 15) is 4.79 Å². The topological polar surface area (TPSA) is 67.7 Å².